The van der Waals surface area contributed by atoms with Gasteiger partial charge in [-0.3, -0.25) is 4.79 Å². The van der Waals surface area contributed by atoms with Crippen LogP contribution in [0.25, 0.3) is 10.4 Å². The molecular formula is C16H18F3N3O2S. The lowest BCUT2D eigenvalue weighted by Crippen LogP contribution is -2.43. The second kappa shape index (κ2) is 8.41. The molecule has 0 aliphatic heterocycles. The zero-order chi connectivity index (χ0) is 18.6. The molecular weight excluding hydrogens is 355 g/mol. The first-order valence-electron chi connectivity index (χ1n) is 7.47. The van der Waals surface area contributed by atoms with Crippen LogP contribution in [0.5, 0.6) is 0 Å². The second-order valence-corrected chi connectivity index (χ2v) is 6.55. The van der Waals surface area contributed by atoms with Gasteiger partial charge in [0.25, 0.3) is 5.91 Å². The smallest absolute Gasteiger partial charge is 0.315 e. The van der Waals surface area contributed by atoms with Crippen molar-refractivity contribution >= 4 is 17.2 Å². The zero-order valence-corrected chi connectivity index (χ0v) is 14.1. The summed E-state index contributed by atoms with van der Waals surface area (Å²) < 4.78 is 37.5. The Bertz CT molecular complexity index is 707. The van der Waals surface area contributed by atoms with Gasteiger partial charge in [-0.15, -0.1) is 11.3 Å². The predicted molar refractivity (Wildman–Crippen MR) is 89.0 cm³/mol. The van der Waals surface area contributed by atoms with Crippen LogP contribution in [-0.4, -0.2) is 35.1 Å². The number of hydrogen-bond acceptors (Lipinski definition) is 5. The van der Waals surface area contributed by atoms with Gasteiger partial charge in [-0.05, 0) is 18.1 Å². The minimum Gasteiger partial charge on any atom is -0.386 e. The number of nitrogens with one attached hydrogen (secondary N) is 1. The third-order valence-corrected chi connectivity index (χ3v) is 4.77. The molecule has 3 atom stereocenters. The minimum absolute atomic E-state index is 0.177. The van der Waals surface area contributed by atoms with Crippen molar-refractivity contribution in [3.05, 3.63) is 41.0 Å². The Balaban J connectivity index is 2.13. The van der Waals surface area contributed by atoms with Crippen LogP contribution in [0.3, 0.4) is 0 Å². The molecule has 0 aliphatic rings. The number of alkyl halides is 3. The number of hydrogen-bond donors (Lipinski definition) is 3. The van der Waals surface area contributed by atoms with Crippen LogP contribution >= 0.6 is 11.3 Å². The average molecular weight is 373 g/mol. The predicted octanol–water partition coefficient (Wildman–Crippen LogP) is 2.58. The molecule has 4 N–H and O–H groups in total. The van der Waals surface area contributed by atoms with Gasteiger partial charge in [0.2, 0.25) is 0 Å². The summed E-state index contributed by atoms with van der Waals surface area (Å²) in [7, 11) is 0. The topological polar surface area (TPSA) is 88.2 Å². The number of carbonyl (C=O) groups is 1. The van der Waals surface area contributed by atoms with E-state index >= 15 is 0 Å². The highest BCUT2D eigenvalue weighted by molar-refractivity contribution is 7.15. The Morgan fingerprint density at radius 3 is 2.48 bits per heavy atom. The maximum atomic E-state index is 13.0. The maximum Gasteiger partial charge on any atom is 0.315 e. The molecule has 0 bridgehead atoms. The van der Waals surface area contributed by atoms with Crippen molar-refractivity contribution in [1.82, 2.24) is 10.3 Å². The number of halogens is 3. The Morgan fingerprint density at radius 1 is 1.36 bits per heavy atom. The average Bonchev–Trinajstić information content (AvgIpc) is 3.09. The number of aliphatic hydroxyl groups is 1. The van der Waals surface area contributed by atoms with Gasteiger partial charge < -0.3 is 16.2 Å². The van der Waals surface area contributed by atoms with Crippen molar-refractivity contribution in [2.45, 2.75) is 31.5 Å². The van der Waals surface area contributed by atoms with Gasteiger partial charge in [-0.2, -0.15) is 8.78 Å². The molecule has 0 aliphatic carbocycles. The summed E-state index contributed by atoms with van der Waals surface area (Å²) in [5.41, 5.74) is 6.90. The summed E-state index contributed by atoms with van der Waals surface area (Å²) in [5, 5.41) is 12.7. The number of nitrogens with zero attached hydrogens (tertiary/aromatic N) is 1. The Hall–Kier alpha value is -1.97. The largest absolute Gasteiger partial charge is 0.386 e. The number of benzene rings is 1. The molecule has 2 aromatic rings. The normalized spacial score (nSPS) is 15.0. The van der Waals surface area contributed by atoms with E-state index in [9.17, 15) is 23.1 Å². The van der Waals surface area contributed by atoms with E-state index in [1.54, 1.807) is 35.8 Å². The SMILES string of the molecule is CC(N)c1ncc(-c2ccc([C@H](O)[C@@H](CF)NC(=O)C(F)F)cc2)s1. The number of aliphatic hydroxyl groups excluding tert-OH is 1. The van der Waals surface area contributed by atoms with Crippen molar-refractivity contribution in [2.75, 3.05) is 6.67 Å². The van der Waals surface area contributed by atoms with Crippen molar-refractivity contribution in [3.63, 3.8) is 0 Å². The van der Waals surface area contributed by atoms with Crippen LogP contribution in [0.2, 0.25) is 0 Å². The minimum atomic E-state index is -3.27. The van der Waals surface area contributed by atoms with Crippen LogP contribution in [0, 0.1) is 0 Å². The molecule has 1 aromatic heterocycles. The van der Waals surface area contributed by atoms with Crippen LogP contribution in [-0.2, 0) is 4.79 Å². The molecule has 0 fully saturated rings. The summed E-state index contributed by atoms with van der Waals surface area (Å²) in [6.07, 6.45) is -3.03. The molecule has 136 valence electrons. The van der Waals surface area contributed by atoms with E-state index < -0.39 is 31.2 Å². The monoisotopic (exact) mass is 373 g/mol. The molecule has 5 nitrogen and oxygen atoms in total. The van der Waals surface area contributed by atoms with Crippen LogP contribution < -0.4 is 11.1 Å². The number of amides is 1. The summed E-state index contributed by atoms with van der Waals surface area (Å²) in [5.74, 6) is -1.62. The van der Waals surface area contributed by atoms with Crippen molar-refractivity contribution in [1.29, 1.82) is 0 Å². The van der Waals surface area contributed by atoms with Crippen molar-refractivity contribution in [2.24, 2.45) is 5.73 Å². The van der Waals surface area contributed by atoms with Gasteiger partial charge in [0.15, 0.2) is 0 Å². The lowest BCUT2D eigenvalue weighted by Gasteiger charge is -2.21. The van der Waals surface area contributed by atoms with Gasteiger partial charge >= 0.3 is 6.43 Å². The molecule has 1 heterocycles. The first kappa shape index (κ1) is 19.4. The summed E-state index contributed by atoms with van der Waals surface area (Å²) >= 11 is 1.43. The first-order chi connectivity index (χ1) is 11.8. The first-order valence-corrected chi connectivity index (χ1v) is 8.29. The Labute approximate surface area is 146 Å². The van der Waals surface area contributed by atoms with E-state index in [0.717, 1.165) is 15.4 Å². The quantitative estimate of drug-likeness (QED) is 0.696. The fourth-order valence-electron chi connectivity index (χ4n) is 2.16. The van der Waals surface area contributed by atoms with Gasteiger partial charge in [-0.1, -0.05) is 24.3 Å². The van der Waals surface area contributed by atoms with Crippen LogP contribution in [0.4, 0.5) is 13.2 Å². The molecule has 9 heteroatoms. The third-order valence-electron chi connectivity index (χ3n) is 3.52. The molecule has 1 unspecified atom stereocenters. The highest BCUT2D eigenvalue weighted by Crippen LogP contribution is 2.29. The molecule has 0 radical (unpaired) electrons. The fourth-order valence-corrected chi connectivity index (χ4v) is 3.03. The van der Waals surface area contributed by atoms with Gasteiger partial charge in [-0.25, -0.2) is 9.37 Å². The van der Waals surface area contributed by atoms with Gasteiger partial charge in [0, 0.05) is 6.20 Å². The molecule has 0 saturated carbocycles. The standard InChI is InChI=1S/C16H18F3N3O2S/c1-8(20)16-21-7-12(25-16)9-2-4-10(5-3-9)13(23)11(6-17)22-15(24)14(18)19/h2-5,7-8,11,13-14,23H,6,20H2,1H3,(H,22,24)/t8?,11-,13+/m1/s1. The summed E-state index contributed by atoms with van der Waals surface area (Å²) in [6.45, 7) is 0.654. The summed E-state index contributed by atoms with van der Waals surface area (Å²) in [6, 6.07) is 4.86. The second-order valence-electron chi connectivity index (χ2n) is 5.49. The van der Waals surface area contributed by atoms with E-state index in [-0.39, 0.29) is 6.04 Å². The highest BCUT2D eigenvalue weighted by atomic mass is 32.1. The van der Waals surface area contributed by atoms with E-state index in [0.29, 0.717) is 5.56 Å². The van der Waals surface area contributed by atoms with E-state index in [2.05, 4.69) is 4.98 Å². The molecule has 0 saturated heterocycles. The molecule has 1 aromatic carbocycles. The number of carbonyl (C=O) groups excluding carboxylic acids is 1. The number of aromatic nitrogens is 1. The lowest BCUT2D eigenvalue weighted by atomic mass is 10.0. The van der Waals surface area contributed by atoms with Gasteiger partial charge in [0.05, 0.1) is 17.0 Å². The Morgan fingerprint density at radius 2 is 2.00 bits per heavy atom. The van der Waals surface area contributed by atoms with Crippen molar-refractivity contribution in [3.8, 4) is 10.4 Å². The lowest BCUT2D eigenvalue weighted by molar-refractivity contribution is -0.133. The van der Waals surface area contributed by atoms with E-state index in [1.165, 1.54) is 11.3 Å². The molecule has 0 spiro atoms. The fraction of sp³-hybridized carbons (Fsp3) is 0.375. The number of nitrogens with two attached hydrogens (primary N) is 1. The van der Waals surface area contributed by atoms with E-state index in [4.69, 9.17) is 5.73 Å². The van der Waals surface area contributed by atoms with E-state index in [1.807, 2.05) is 6.92 Å². The van der Waals surface area contributed by atoms with Crippen LogP contribution in [0.15, 0.2) is 30.5 Å². The maximum absolute atomic E-state index is 13.0. The molecule has 25 heavy (non-hydrogen) atoms. The Kier molecular flexibility index (Phi) is 6.51. The number of thiazole rings is 1. The van der Waals surface area contributed by atoms with Gasteiger partial charge in [0.1, 0.15) is 17.8 Å². The third kappa shape index (κ3) is 4.77. The summed E-state index contributed by atoms with van der Waals surface area (Å²) in [4.78, 5) is 16.1. The van der Waals surface area contributed by atoms with Crippen LogP contribution in [0.1, 0.15) is 29.6 Å². The zero-order valence-electron chi connectivity index (χ0n) is 13.3. The highest BCUT2D eigenvalue weighted by Gasteiger charge is 2.26. The van der Waals surface area contributed by atoms with Crippen molar-refractivity contribution < 1.29 is 23.1 Å². The molecule has 1 amide bonds. The molecule has 2 rings (SSSR count). The number of rotatable bonds is 7.